The second-order valence-electron chi connectivity index (χ2n) is 7.77. The Bertz CT molecular complexity index is 1150. The topological polar surface area (TPSA) is 113 Å². The number of nitrogens with one attached hydrogen (secondary N) is 2. The first-order valence-electron chi connectivity index (χ1n) is 11.1. The number of rotatable bonds is 12. The van der Waals surface area contributed by atoms with E-state index in [1.54, 1.807) is 11.3 Å². The minimum Gasteiger partial charge on any atom is -0.373 e. The Morgan fingerprint density at radius 1 is 0.941 bits per heavy atom. The lowest BCUT2D eigenvalue weighted by molar-refractivity contribution is -0.115. The van der Waals surface area contributed by atoms with Crippen LogP contribution in [0.5, 0.6) is 0 Å². The second kappa shape index (κ2) is 12.3. The van der Waals surface area contributed by atoms with Crippen LogP contribution in [0.4, 0.5) is 10.9 Å². The van der Waals surface area contributed by atoms with E-state index in [2.05, 4.69) is 31.0 Å². The maximum Gasteiger partial charge on any atom is 0.231 e. The summed E-state index contributed by atoms with van der Waals surface area (Å²) in [6.45, 7) is 0. The number of hydrogen-bond donors (Lipinski definition) is 3. The molecule has 3 heterocycles. The number of benzene rings is 1. The number of aliphatic hydroxyl groups excluding tert-OH is 1. The largest absolute Gasteiger partial charge is 0.373 e. The highest BCUT2D eigenvalue weighted by Gasteiger charge is 2.10. The number of amides is 1. The van der Waals surface area contributed by atoms with Crippen molar-refractivity contribution in [1.82, 2.24) is 20.4 Å². The summed E-state index contributed by atoms with van der Waals surface area (Å²) < 4.78 is 0. The lowest BCUT2D eigenvalue weighted by Gasteiger charge is -2.13. The zero-order chi connectivity index (χ0) is 23.6. The lowest BCUT2D eigenvalue weighted by Crippen LogP contribution is -2.22. The molecule has 4 aromatic rings. The Balaban J connectivity index is 1.14. The number of nitrogens with zero attached hydrogens (tertiary/aromatic N) is 4. The van der Waals surface area contributed by atoms with E-state index in [0.29, 0.717) is 23.8 Å². The summed E-state index contributed by atoms with van der Waals surface area (Å²) >= 11 is 2.98. The predicted octanol–water partition coefficient (Wildman–Crippen LogP) is 4.11. The second-order valence-corrected chi connectivity index (χ2v) is 9.87. The molecule has 0 aliphatic rings. The van der Waals surface area contributed by atoms with Gasteiger partial charge in [-0.25, -0.2) is 0 Å². The van der Waals surface area contributed by atoms with Crippen LogP contribution in [0.15, 0.2) is 60.0 Å². The standard InChI is InChI=1S/C24H26N6O2S2/c31-21(15-17-7-2-1-3-8-17)25-20-13-12-18(27-28-20)9-4-5-11-23-29-30-24(34-23)26-22(32)16-19-10-6-14-33-19/h1-3,6-8,10,12-14,21,31H,4-5,9,11,15-16H2,(H,25,28)(H,26,30,32). The van der Waals surface area contributed by atoms with Gasteiger partial charge in [0.1, 0.15) is 11.2 Å². The van der Waals surface area contributed by atoms with Gasteiger partial charge in [-0.15, -0.1) is 26.6 Å². The van der Waals surface area contributed by atoms with Crippen molar-refractivity contribution in [3.05, 3.63) is 81.1 Å². The Labute approximate surface area is 206 Å². The molecular weight excluding hydrogens is 468 g/mol. The Hall–Kier alpha value is -3.21. The van der Waals surface area contributed by atoms with Gasteiger partial charge in [-0.1, -0.05) is 47.7 Å². The van der Waals surface area contributed by atoms with E-state index in [9.17, 15) is 9.90 Å². The molecule has 0 saturated heterocycles. The number of anilines is 2. The minimum absolute atomic E-state index is 0.0748. The molecule has 0 aliphatic carbocycles. The van der Waals surface area contributed by atoms with Gasteiger partial charge in [0.15, 0.2) is 5.82 Å². The van der Waals surface area contributed by atoms with Crippen molar-refractivity contribution in [2.45, 2.75) is 44.8 Å². The highest BCUT2D eigenvalue weighted by molar-refractivity contribution is 7.15. The monoisotopic (exact) mass is 494 g/mol. The average molecular weight is 495 g/mol. The third-order valence-electron chi connectivity index (χ3n) is 5.01. The predicted molar refractivity (Wildman–Crippen MR) is 135 cm³/mol. The first-order valence-corrected chi connectivity index (χ1v) is 12.8. The molecule has 176 valence electrons. The molecule has 0 bridgehead atoms. The first-order chi connectivity index (χ1) is 16.6. The van der Waals surface area contributed by atoms with Gasteiger partial charge in [-0.3, -0.25) is 4.79 Å². The third-order valence-corrected chi connectivity index (χ3v) is 6.78. The number of thiophene rings is 1. The number of aromatic nitrogens is 4. The molecule has 34 heavy (non-hydrogen) atoms. The molecule has 0 fully saturated rings. The van der Waals surface area contributed by atoms with Crippen molar-refractivity contribution in [2.24, 2.45) is 0 Å². The maximum absolute atomic E-state index is 12.1. The van der Waals surface area contributed by atoms with Crippen LogP contribution in [0.25, 0.3) is 0 Å². The van der Waals surface area contributed by atoms with E-state index in [-0.39, 0.29) is 5.91 Å². The van der Waals surface area contributed by atoms with Crippen molar-refractivity contribution in [1.29, 1.82) is 0 Å². The number of carbonyl (C=O) groups is 1. The number of aryl methyl sites for hydroxylation is 2. The van der Waals surface area contributed by atoms with Crippen molar-refractivity contribution in [3.63, 3.8) is 0 Å². The van der Waals surface area contributed by atoms with Crippen LogP contribution in [0, 0.1) is 0 Å². The highest BCUT2D eigenvalue weighted by Crippen LogP contribution is 2.19. The fraction of sp³-hybridized carbons (Fsp3) is 0.292. The number of unbranched alkanes of at least 4 members (excludes halogenated alkanes) is 1. The van der Waals surface area contributed by atoms with Crippen molar-refractivity contribution >= 4 is 39.5 Å². The molecule has 1 amide bonds. The van der Waals surface area contributed by atoms with Crippen LogP contribution in [-0.2, 0) is 30.5 Å². The summed E-state index contributed by atoms with van der Waals surface area (Å²) in [6.07, 6.45) is 3.62. The molecule has 8 nitrogen and oxygen atoms in total. The molecule has 1 aromatic carbocycles. The maximum atomic E-state index is 12.1. The van der Waals surface area contributed by atoms with E-state index >= 15 is 0 Å². The van der Waals surface area contributed by atoms with Crippen molar-refractivity contribution in [3.8, 4) is 0 Å². The lowest BCUT2D eigenvalue weighted by atomic mass is 10.1. The van der Waals surface area contributed by atoms with Gasteiger partial charge in [0.05, 0.1) is 12.1 Å². The quantitative estimate of drug-likeness (QED) is 0.201. The van der Waals surface area contributed by atoms with Gasteiger partial charge in [-0.2, -0.15) is 5.10 Å². The van der Waals surface area contributed by atoms with Crippen LogP contribution in [0.3, 0.4) is 0 Å². The molecule has 0 aliphatic heterocycles. The smallest absolute Gasteiger partial charge is 0.231 e. The molecular formula is C24H26N6O2S2. The van der Waals surface area contributed by atoms with Gasteiger partial charge in [0.2, 0.25) is 11.0 Å². The normalized spacial score (nSPS) is 11.8. The van der Waals surface area contributed by atoms with Gasteiger partial charge in [0.25, 0.3) is 0 Å². The van der Waals surface area contributed by atoms with E-state index in [1.165, 1.54) is 11.3 Å². The van der Waals surface area contributed by atoms with Crippen LogP contribution in [0.1, 0.15) is 34.0 Å². The summed E-state index contributed by atoms with van der Waals surface area (Å²) in [6, 6.07) is 17.5. The molecule has 1 atom stereocenters. The van der Waals surface area contributed by atoms with Gasteiger partial charge in [-0.05, 0) is 48.4 Å². The van der Waals surface area contributed by atoms with Crippen LogP contribution in [-0.4, -0.2) is 37.6 Å². The molecule has 0 radical (unpaired) electrons. The first kappa shape index (κ1) is 23.9. The van der Waals surface area contributed by atoms with Gasteiger partial charge < -0.3 is 15.7 Å². The van der Waals surface area contributed by atoms with E-state index in [0.717, 1.165) is 46.8 Å². The zero-order valence-electron chi connectivity index (χ0n) is 18.6. The molecule has 1 unspecified atom stereocenters. The van der Waals surface area contributed by atoms with Crippen LogP contribution in [0.2, 0.25) is 0 Å². The number of hydrogen-bond acceptors (Lipinski definition) is 9. The van der Waals surface area contributed by atoms with Gasteiger partial charge >= 0.3 is 0 Å². The third kappa shape index (κ3) is 7.68. The van der Waals surface area contributed by atoms with Crippen LogP contribution >= 0.6 is 22.7 Å². The molecule has 4 rings (SSSR count). The number of carbonyl (C=O) groups excluding carboxylic acids is 1. The van der Waals surface area contributed by atoms with Gasteiger partial charge in [0, 0.05) is 17.7 Å². The Morgan fingerprint density at radius 3 is 2.56 bits per heavy atom. The fourth-order valence-electron chi connectivity index (χ4n) is 3.35. The van der Waals surface area contributed by atoms with Crippen molar-refractivity contribution in [2.75, 3.05) is 10.6 Å². The van der Waals surface area contributed by atoms with E-state index in [4.69, 9.17) is 0 Å². The summed E-state index contributed by atoms with van der Waals surface area (Å²) in [5, 5.41) is 36.1. The zero-order valence-corrected chi connectivity index (χ0v) is 20.2. The average Bonchev–Trinajstić information content (AvgIpc) is 3.50. The number of aliphatic hydroxyl groups is 1. The van der Waals surface area contributed by atoms with E-state index < -0.39 is 6.23 Å². The highest BCUT2D eigenvalue weighted by atomic mass is 32.1. The Kier molecular flexibility index (Phi) is 8.66. The molecule has 3 N–H and O–H groups in total. The summed E-state index contributed by atoms with van der Waals surface area (Å²) in [5.74, 6) is 0.476. The molecule has 0 spiro atoms. The SMILES string of the molecule is O=C(Cc1cccs1)Nc1nnc(CCCCc2ccc(NC(O)Cc3ccccc3)nn2)s1. The fourth-order valence-corrected chi connectivity index (χ4v) is 4.85. The molecule has 0 saturated carbocycles. The molecule has 3 aromatic heterocycles. The Morgan fingerprint density at radius 2 is 1.79 bits per heavy atom. The minimum atomic E-state index is -0.722. The van der Waals surface area contributed by atoms with E-state index in [1.807, 2.05) is 60.0 Å². The van der Waals surface area contributed by atoms with Crippen LogP contribution < -0.4 is 10.6 Å². The summed E-state index contributed by atoms with van der Waals surface area (Å²) in [5.41, 5.74) is 1.96. The van der Waals surface area contributed by atoms with Crippen molar-refractivity contribution < 1.29 is 9.90 Å². The summed E-state index contributed by atoms with van der Waals surface area (Å²) in [7, 11) is 0. The molecule has 10 heteroatoms. The summed E-state index contributed by atoms with van der Waals surface area (Å²) in [4.78, 5) is 13.1.